The molecule has 4 rings (SSSR count). The number of carbonyl (C=O) groups is 2. The predicted molar refractivity (Wildman–Crippen MR) is 141 cm³/mol. The van der Waals surface area contributed by atoms with Crippen molar-refractivity contribution in [2.45, 2.75) is 37.5 Å². The van der Waals surface area contributed by atoms with Crippen molar-refractivity contribution < 1.29 is 22.6 Å². The molecule has 2 amide bonds. The van der Waals surface area contributed by atoms with Crippen molar-refractivity contribution in [3.8, 4) is 0 Å². The lowest BCUT2D eigenvalue weighted by Gasteiger charge is -2.32. The maximum Gasteiger partial charge on any atom is 0.340 e. The molecule has 0 aliphatic carbocycles. The average Bonchev–Trinajstić information content (AvgIpc) is 3.15. The molecule has 2 aromatic carbocycles. The second-order valence-corrected chi connectivity index (χ2v) is 12.6. The van der Waals surface area contributed by atoms with E-state index in [1.165, 1.54) is 11.3 Å². The number of amides is 2. The van der Waals surface area contributed by atoms with Gasteiger partial charge in [0.2, 0.25) is 4.80 Å². The highest BCUT2D eigenvalue weighted by Crippen LogP contribution is 2.26. The minimum Gasteiger partial charge on any atom is -0.354 e. The first-order valence-corrected chi connectivity index (χ1v) is 14.7. The highest BCUT2D eigenvalue weighted by atomic mass is 35.5. The van der Waals surface area contributed by atoms with Crippen LogP contribution in [0.2, 0.25) is 5.02 Å². The maximum absolute atomic E-state index is 13.6. The SMILES string of the molecule is CNC(=O)c1sc(=N[N+]2(C(=O)CCS(=O)(=O)c3ccc4cc(Cl)ccc4c3)CCCCC2)n(C)c1C. The van der Waals surface area contributed by atoms with Crippen LogP contribution in [0, 0.1) is 6.92 Å². The summed E-state index contributed by atoms with van der Waals surface area (Å²) in [6.45, 7) is 2.87. The number of sulfone groups is 1. The fourth-order valence-corrected chi connectivity index (χ4v) is 7.06. The highest BCUT2D eigenvalue weighted by Gasteiger charge is 2.40. The second-order valence-electron chi connectivity index (χ2n) is 9.08. The first kappa shape index (κ1) is 26.5. The van der Waals surface area contributed by atoms with Crippen molar-refractivity contribution in [1.29, 1.82) is 0 Å². The number of nitrogens with zero attached hydrogens (tertiary/aromatic N) is 3. The van der Waals surface area contributed by atoms with Gasteiger partial charge in [0.15, 0.2) is 9.84 Å². The molecule has 2 heterocycles. The monoisotopic (exact) mass is 549 g/mol. The van der Waals surface area contributed by atoms with E-state index in [-0.39, 0.29) is 33.5 Å². The smallest absolute Gasteiger partial charge is 0.340 e. The molecule has 0 unspecified atom stereocenters. The number of halogens is 1. The zero-order valence-electron chi connectivity index (χ0n) is 20.6. The Morgan fingerprint density at radius 2 is 1.78 bits per heavy atom. The summed E-state index contributed by atoms with van der Waals surface area (Å²) in [7, 11) is -0.288. The summed E-state index contributed by atoms with van der Waals surface area (Å²) in [5, 5.41) is 9.69. The number of hydrogen-bond acceptors (Lipinski definition) is 6. The number of likely N-dealkylation sites (tertiary alicyclic amines) is 1. The molecule has 3 aromatic rings. The number of fused-ring (bicyclic) bond motifs is 1. The van der Waals surface area contributed by atoms with E-state index in [2.05, 4.69) is 5.32 Å². The molecule has 0 atom stereocenters. The Labute approximate surface area is 219 Å². The largest absolute Gasteiger partial charge is 0.354 e. The lowest BCUT2D eigenvalue weighted by molar-refractivity contribution is -0.869. The zero-order chi connectivity index (χ0) is 26.1. The van der Waals surface area contributed by atoms with Crippen molar-refractivity contribution in [2.24, 2.45) is 12.1 Å². The molecule has 0 bridgehead atoms. The van der Waals surface area contributed by atoms with Crippen LogP contribution >= 0.6 is 22.9 Å². The zero-order valence-corrected chi connectivity index (χ0v) is 23.0. The van der Waals surface area contributed by atoms with Crippen LogP contribution in [-0.4, -0.2) is 55.3 Å². The third kappa shape index (κ3) is 5.27. The minimum absolute atomic E-state index is 0.138. The third-order valence-electron chi connectivity index (χ3n) is 6.76. The number of carbonyl (C=O) groups excluding carboxylic acids is 2. The number of rotatable bonds is 6. The van der Waals surface area contributed by atoms with Crippen molar-refractivity contribution in [3.63, 3.8) is 0 Å². The van der Waals surface area contributed by atoms with Crippen molar-refractivity contribution in [2.75, 3.05) is 25.9 Å². The molecule has 36 heavy (non-hydrogen) atoms. The molecule has 1 saturated heterocycles. The van der Waals surface area contributed by atoms with Crippen LogP contribution in [0.15, 0.2) is 46.4 Å². The molecule has 0 radical (unpaired) electrons. The van der Waals surface area contributed by atoms with Crippen molar-refractivity contribution >= 4 is 55.4 Å². The summed E-state index contributed by atoms with van der Waals surface area (Å²) >= 11 is 7.27. The Hall–Kier alpha value is -2.53. The molecule has 0 saturated carbocycles. The van der Waals surface area contributed by atoms with Gasteiger partial charge in [-0.3, -0.25) is 4.79 Å². The topological polar surface area (TPSA) is 97.6 Å². The molecular weight excluding hydrogens is 520 g/mol. The average molecular weight is 550 g/mol. The molecule has 11 heteroatoms. The molecule has 0 spiro atoms. The highest BCUT2D eigenvalue weighted by molar-refractivity contribution is 7.91. The van der Waals surface area contributed by atoms with E-state index in [1.807, 2.05) is 18.5 Å². The van der Waals surface area contributed by atoms with Crippen LogP contribution in [-0.2, 0) is 21.7 Å². The van der Waals surface area contributed by atoms with Crippen LogP contribution in [0.4, 0.5) is 0 Å². The fraction of sp³-hybridized carbons (Fsp3) is 0.400. The third-order valence-corrected chi connectivity index (χ3v) is 9.93. The predicted octanol–water partition coefficient (Wildman–Crippen LogP) is 3.77. The van der Waals surface area contributed by atoms with Gasteiger partial charge >= 0.3 is 5.91 Å². The van der Waals surface area contributed by atoms with Crippen molar-refractivity contribution in [3.05, 3.63) is 56.8 Å². The summed E-state index contributed by atoms with van der Waals surface area (Å²) in [4.78, 5) is 27.1. The van der Waals surface area contributed by atoms with Crippen LogP contribution in [0.1, 0.15) is 41.0 Å². The van der Waals surface area contributed by atoms with E-state index in [9.17, 15) is 18.0 Å². The Bertz CT molecular complexity index is 1500. The van der Waals surface area contributed by atoms with Crippen LogP contribution < -0.4 is 10.1 Å². The first-order valence-electron chi connectivity index (χ1n) is 11.8. The van der Waals surface area contributed by atoms with E-state index in [4.69, 9.17) is 16.7 Å². The number of hydrogen-bond donors (Lipinski definition) is 1. The van der Waals surface area contributed by atoms with Gasteiger partial charge in [0.05, 0.1) is 17.1 Å². The van der Waals surface area contributed by atoms with Crippen molar-refractivity contribution in [1.82, 2.24) is 9.88 Å². The number of thiazole rings is 1. The Morgan fingerprint density at radius 1 is 1.11 bits per heavy atom. The number of aromatic nitrogens is 1. The summed E-state index contributed by atoms with van der Waals surface area (Å²) < 4.78 is 27.9. The van der Waals surface area contributed by atoms with Gasteiger partial charge in [-0.1, -0.05) is 35.1 Å². The fourth-order valence-electron chi connectivity index (χ4n) is 4.48. The number of nitrogens with one attached hydrogen (secondary N) is 1. The van der Waals surface area contributed by atoms with Crippen LogP contribution in [0.3, 0.4) is 0 Å². The molecule has 1 aromatic heterocycles. The molecule has 1 aliphatic heterocycles. The second kappa shape index (κ2) is 10.5. The summed E-state index contributed by atoms with van der Waals surface area (Å²) in [6, 6.07) is 10.2. The normalized spacial score (nSPS) is 16.3. The molecule has 8 nitrogen and oxygen atoms in total. The quantitative estimate of drug-likeness (QED) is 0.473. The Kier molecular flexibility index (Phi) is 7.70. The number of quaternary nitrogens is 1. The van der Waals surface area contributed by atoms with E-state index in [0.29, 0.717) is 27.8 Å². The Morgan fingerprint density at radius 3 is 2.47 bits per heavy atom. The van der Waals surface area contributed by atoms with E-state index in [1.54, 1.807) is 43.4 Å². The number of benzene rings is 2. The summed E-state index contributed by atoms with van der Waals surface area (Å²) in [6.07, 6.45) is 2.51. The van der Waals surface area contributed by atoms with E-state index < -0.39 is 9.84 Å². The maximum atomic E-state index is 13.6. The van der Waals surface area contributed by atoms with Gasteiger partial charge in [-0.05, 0) is 66.3 Å². The lowest BCUT2D eigenvalue weighted by atomic mass is 10.1. The molecule has 1 fully saturated rings. The van der Waals surface area contributed by atoms with Crippen LogP contribution in [0.5, 0.6) is 0 Å². The standard InChI is InChI=1S/C25H29ClN4O4S2/c1-17-23(24(32)27-2)35-25(29(17)3)28-30(12-5-4-6-13-30)22(31)11-14-36(33,34)21-10-8-18-15-20(26)9-7-19(18)16-21/h7-10,15-16H,4-6,11-14H2,1-3H3/p+1. The van der Waals surface area contributed by atoms with E-state index in [0.717, 1.165) is 35.7 Å². The van der Waals surface area contributed by atoms with Gasteiger partial charge in [-0.25, -0.2) is 13.2 Å². The lowest BCUT2D eigenvalue weighted by Crippen LogP contribution is -2.53. The summed E-state index contributed by atoms with van der Waals surface area (Å²) in [5.74, 6) is -0.715. The Balaban J connectivity index is 1.62. The van der Waals surface area contributed by atoms with Gasteiger partial charge in [0, 0.05) is 24.8 Å². The molecule has 192 valence electrons. The number of piperidine rings is 1. The van der Waals surface area contributed by atoms with Gasteiger partial charge < -0.3 is 9.88 Å². The minimum atomic E-state index is -3.68. The molecule has 1 N–H and O–H groups in total. The molecule has 1 aliphatic rings. The van der Waals surface area contributed by atoms with E-state index >= 15 is 0 Å². The van der Waals surface area contributed by atoms with Gasteiger partial charge in [0.1, 0.15) is 18.0 Å². The molecular formula is C25H30ClN4O4S2+. The van der Waals surface area contributed by atoms with Gasteiger partial charge in [-0.2, -0.15) is 0 Å². The first-order chi connectivity index (χ1) is 17.1. The summed E-state index contributed by atoms with van der Waals surface area (Å²) in [5.41, 5.74) is 0.765. The van der Waals surface area contributed by atoms with Gasteiger partial charge in [0.25, 0.3) is 5.91 Å². The van der Waals surface area contributed by atoms with Gasteiger partial charge in [-0.15, -0.1) is 4.59 Å². The van der Waals surface area contributed by atoms with Crippen LogP contribution in [0.25, 0.3) is 10.8 Å².